The number of aryl methyl sites for hydroxylation is 2. The van der Waals surface area contributed by atoms with Crippen LogP contribution in [0.15, 0.2) is 48.5 Å². The molecule has 0 saturated heterocycles. The van der Waals surface area contributed by atoms with Crippen LogP contribution in [-0.4, -0.2) is 6.71 Å². The lowest BCUT2D eigenvalue weighted by Gasteiger charge is -2.29. The fraction of sp³-hybridized carbons (Fsp3) is 0.400. The third-order valence-corrected chi connectivity index (χ3v) is 4.25. The van der Waals surface area contributed by atoms with Gasteiger partial charge in [0.2, 0.25) is 6.71 Å². The monoisotopic (exact) mass is 278 g/mol. The summed E-state index contributed by atoms with van der Waals surface area (Å²) < 4.78 is 0. The van der Waals surface area contributed by atoms with Crippen LogP contribution in [0.1, 0.15) is 45.7 Å². The molecule has 0 heterocycles. The summed E-state index contributed by atoms with van der Waals surface area (Å²) in [5.74, 6) is 0. The zero-order valence-electron chi connectivity index (χ0n) is 14.1. The molecular weight excluding hydrogens is 251 g/mol. The van der Waals surface area contributed by atoms with E-state index in [1.807, 2.05) is 0 Å². The molecule has 0 saturated carbocycles. The fourth-order valence-corrected chi connectivity index (χ4v) is 3.18. The van der Waals surface area contributed by atoms with Crippen LogP contribution in [0.25, 0.3) is 0 Å². The molecular formula is C20H27B. The van der Waals surface area contributed by atoms with Gasteiger partial charge in [0.25, 0.3) is 0 Å². The maximum absolute atomic E-state index is 2.38. The summed E-state index contributed by atoms with van der Waals surface area (Å²) in [5.41, 5.74) is 5.73. The second-order valence-electron chi connectivity index (χ2n) is 7.00. The summed E-state index contributed by atoms with van der Waals surface area (Å²) in [7, 11) is 0. The van der Waals surface area contributed by atoms with Gasteiger partial charge in [-0.2, -0.15) is 0 Å². The smallest absolute Gasteiger partial charge is 0.0733 e. The molecule has 0 amide bonds. The van der Waals surface area contributed by atoms with Crippen LogP contribution in [0.5, 0.6) is 0 Å². The summed E-state index contributed by atoms with van der Waals surface area (Å²) in [6, 6.07) is 18.2. The summed E-state index contributed by atoms with van der Waals surface area (Å²) in [4.78, 5) is 0. The maximum Gasteiger partial charge on any atom is 0.214 e. The van der Waals surface area contributed by atoms with Crippen molar-refractivity contribution >= 4 is 17.6 Å². The first-order chi connectivity index (χ1) is 9.95. The largest absolute Gasteiger partial charge is 0.214 e. The van der Waals surface area contributed by atoms with E-state index in [-0.39, 0.29) is 5.31 Å². The van der Waals surface area contributed by atoms with Gasteiger partial charge in [-0.3, -0.25) is 0 Å². The van der Waals surface area contributed by atoms with Crippen molar-refractivity contribution in [1.82, 2.24) is 0 Å². The van der Waals surface area contributed by atoms with Crippen LogP contribution in [0, 0.1) is 0 Å². The quantitative estimate of drug-likeness (QED) is 0.734. The lowest BCUT2D eigenvalue weighted by atomic mass is 9.28. The third kappa shape index (κ3) is 3.78. The van der Waals surface area contributed by atoms with Crippen LogP contribution in [0.2, 0.25) is 5.31 Å². The van der Waals surface area contributed by atoms with Crippen molar-refractivity contribution in [1.29, 1.82) is 0 Å². The van der Waals surface area contributed by atoms with Gasteiger partial charge in [0.1, 0.15) is 0 Å². The standard InChI is InChI=1S/C20H27B/c1-6-16-10-8-12-18(14-16)21(20(3,4)5)19-13-9-11-17(7-2)15-19/h8-15H,6-7H2,1-5H3. The van der Waals surface area contributed by atoms with E-state index in [1.165, 1.54) is 22.1 Å². The van der Waals surface area contributed by atoms with Crippen molar-refractivity contribution in [3.05, 3.63) is 59.7 Å². The average Bonchev–Trinajstić information content (AvgIpc) is 2.46. The number of hydrogen-bond acceptors (Lipinski definition) is 0. The molecule has 0 unspecified atom stereocenters. The van der Waals surface area contributed by atoms with E-state index in [9.17, 15) is 0 Å². The van der Waals surface area contributed by atoms with E-state index in [2.05, 4.69) is 83.1 Å². The molecule has 0 aliphatic heterocycles. The first kappa shape index (κ1) is 15.9. The van der Waals surface area contributed by atoms with Crippen molar-refractivity contribution in [3.8, 4) is 0 Å². The molecule has 1 heteroatoms. The Morgan fingerprint density at radius 2 is 1.19 bits per heavy atom. The van der Waals surface area contributed by atoms with Gasteiger partial charge in [0.05, 0.1) is 0 Å². The highest BCUT2D eigenvalue weighted by atomic mass is 14.1. The van der Waals surface area contributed by atoms with Crippen molar-refractivity contribution in [2.75, 3.05) is 0 Å². The molecule has 0 N–H and O–H groups in total. The van der Waals surface area contributed by atoms with E-state index in [1.54, 1.807) is 0 Å². The van der Waals surface area contributed by atoms with Crippen LogP contribution in [-0.2, 0) is 12.8 Å². The highest BCUT2D eigenvalue weighted by Gasteiger charge is 2.32. The minimum absolute atomic E-state index is 0.207. The van der Waals surface area contributed by atoms with Gasteiger partial charge in [-0.25, -0.2) is 0 Å². The zero-order chi connectivity index (χ0) is 15.5. The Labute approximate surface area is 130 Å². The lowest BCUT2D eigenvalue weighted by Crippen LogP contribution is -2.49. The van der Waals surface area contributed by atoms with Crippen molar-refractivity contribution in [3.63, 3.8) is 0 Å². The molecule has 0 atom stereocenters. The first-order valence-corrected chi connectivity index (χ1v) is 8.13. The Kier molecular flexibility index (Phi) is 4.93. The second kappa shape index (κ2) is 6.51. The van der Waals surface area contributed by atoms with Crippen molar-refractivity contribution in [2.24, 2.45) is 0 Å². The lowest BCUT2D eigenvalue weighted by molar-refractivity contribution is 0.750. The highest BCUT2D eigenvalue weighted by Crippen LogP contribution is 2.27. The molecule has 0 aliphatic rings. The zero-order valence-corrected chi connectivity index (χ0v) is 14.1. The third-order valence-electron chi connectivity index (χ3n) is 4.25. The topological polar surface area (TPSA) is 0 Å². The number of benzene rings is 2. The normalized spacial score (nSPS) is 11.5. The SMILES string of the molecule is CCc1cccc(B(c2cccc(CC)c2)C(C)(C)C)c1. The Hall–Kier alpha value is -1.50. The van der Waals surface area contributed by atoms with Crippen LogP contribution in [0.4, 0.5) is 0 Å². The fourth-order valence-electron chi connectivity index (χ4n) is 3.18. The van der Waals surface area contributed by atoms with Gasteiger partial charge in [0.15, 0.2) is 0 Å². The molecule has 2 aromatic rings. The molecule has 2 aromatic carbocycles. The minimum Gasteiger partial charge on any atom is -0.0733 e. The van der Waals surface area contributed by atoms with E-state index in [0.29, 0.717) is 6.71 Å². The van der Waals surface area contributed by atoms with Crippen molar-refractivity contribution < 1.29 is 0 Å². The predicted octanol–water partition coefficient (Wildman–Crippen LogP) is 4.22. The maximum atomic E-state index is 2.38. The van der Waals surface area contributed by atoms with Crippen LogP contribution in [0.3, 0.4) is 0 Å². The number of rotatable bonds is 4. The van der Waals surface area contributed by atoms with Gasteiger partial charge >= 0.3 is 0 Å². The van der Waals surface area contributed by atoms with E-state index in [4.69, 9.17) is 0 Å². The molecule has 0 aromatic heterocycles. The van der Waals surface area contributed by atoms with E-state index >= 15 is 0 Å². The van der Waals surface area contributed by atoms with E-state index in [0.717, 1.165) is 12.8 Å². The Morgan fingerprint density at radius 3 is 1.52 bits per heavy atom. The summed E-state index contributed by atoms with van der Waals surface area (Å²) in [5, 5.41) is 0.207. The molecule has 2 rings (SSSR count). The highest BCUT2D eigenvalue weighted by molar-refractivity contribution is 6.87. The summed E-state index contributed by atoms with van der Waals surface area (Å²) in [6.45, 7) is 11.9. The average molecular weight is 278 g/mol. The molecule has 0 radical (unpaired) electrons. The van der Waals surface area contributed by atoms with E-state index < -0.39 is 0 Å². The van der Waals surface area contributed by atoms with Gasteiger partial charge in [-0.1, -0.05) is 99.4 Å². The molecule has 21 heavy (non-hydrogen) atoms. The molecule has 0 nitrogen and oxygen atoms in total. The molecule has 110 valence electrons. The molecule has 0 fully saturated rings. The minimum atomic E-state index is 0.207. The van der Waals surface area contributed by atoms with Gasteiger partial charge in [-0.05, 0) is 24.0 Å². The Balaban J connectivity index is 2.52. The molecule has 0 bridgehead atoms. The van der Waals surface area contributed by atoms with Gasteiger partial charge in [-0.15, -0.1) is 0 Å². The summed E-state index contributed by atoms with van der Waals surface area (Å²) in [6.07, 6.45) is 2.19. The predicted molar refractivity (Wildman–Crippen MR) is 96.4 cm³/mol. The van der Waals surface area contributed by atoms with Gasteiger partial charge in [0, 0.05) is 0 Å². The molecule has 0 spiro atoms. The Morgan fingerprint density at radius 1 is 0.762 bits per heavy atom. The van der Waals surface area contributed by atoms with Crippen LogP contribution < -0.4 is 10.9 Å². The van der Waals surface area contributed by atoms with Gasteiger partial charge < -0.3 is 0 Å². The van der Waals surface area contributed by atoms with Crippen LogP contribution >= 0.6 is 0 Å². The Bertz CT molecular complexity index is 545. The first-order valence-electron chi connectivity index (χ1n) is 8.13. The number of hydrogen-bond donors (Lipinski definition) is 0. The van der Waals surface area contributed by atoms with Crippen molar-refractivity contribution in [2.45, 2.75) is 52.8 Å². The second-order valence-corrected chi connectivity index (χ2v) is 7.00. The summed E-state index contributed by atoms with van der Waals surface area (Å²) >= 11 is 0. The molecule has 0 aliphatic carbocycles.